The Morgan fingerprint density at radius 2 is 2.04 bits per heavy atom. The van der Waals surface area contributed by atoms with Crippen molar-refractivity contribution in [1.82, 2.24) is 9.80 Å². The van der Waals surface area contributed by atoms with Gasteiger partial charge in [-0.2, -0.15) is 0 Å². The van der Waals surface area contributed by atoms with Crippen LogP contribution in [0.2, 0.25) is 0 Å². The fourth-order valence-corrected chi connectivity index (χ4v) is 5.14. The summed E-state index contributed by atoms with van der Waals surface area (Å²) in [6.07, 6.45) is 13.1. The molecule has 4 aliphatic rings. The summed E-state index contributed by atoms with van der Waals surface area (Å²) in [5, 5.41) is 0. The molecule has 134 valence electrons. The molecular weight excluding hydrogens is 300 g/mol. The van der Waals surface area contributed by atoms with Crippen molar-refractivity contribution < 1.29 is 9.53 Å². The van der Waals surface area contributed by atoms with E-state index < -0.39 is 0 Å². The quantitative estimate of drug-likeness (QED) is 0.776. The molecule has 0 aromatic rings. The molecule has 4 nitrogen and oxygen atoms in total. The van der Waals surface area contributed by atoms with Gasteiger partial charge in [0.1, 0.15) is 0 Å². The van der Waals surface area contributed by atoms with Gasteiger partial charge in [0, 0.05) is 43.9 Å². The van der Waals surface area contributed by atoms with Crippen LogP contribution in [0.15, 0.2) is 11.6 Å². The van der Waals surface area contributed by atoms with Gasteiger partial charge < -0.3 is 9.64 Å². The highest BCUT2D eigenvalue weighted by molar-refractivity contribution is 5.93. The van der Waals surface area contributed by atoms with Crippen molar-refractivity contribution in [2.45, 2.75) is 69.4 Å². The second-order valence-electron chi connectivity index (χ2n) is 8.38. The molecule has 2 saturated heterocycles. The van der Waals surface area contributed by atoms with Crippen LogP contribution in [0.5, 0.6) is 0 Å². The number of likely N-dealkylation sites (tertiary alicyclic amines) is 2. The molecule has 0 aromatic heterocycles. The van der Waals surface area contributed by atoms with Crippen LogP contribution in [0.1, 0.15) is 57.8 Å². The Balaban J connectivity index is 1.41. The molecular formula is C20H32N2O2. The first-order valence-electron chi connectivity index (χ1n) is 9.96. The van der Waals surface area contributed by atoms with E-state index in [4.69, 9.17) is 4.74 Å². The minimum atomic E-state index is 0.322. The minimum Gasteiger partial charge on any atom is -0.383 e. The number of ether oxygens (including phenoxy) is 1. The molecule has 1 atom stereocenters. The molecule has 1 amide bonds. The Bertz CT molecular complexity index is 504. The number of methoxy groups -OCH3 is 1. The van der Waals surface area contributed by atoms with Crippen LogP contribution in [0, 0.1) is 5.92 Å². The van der Waals surface area contributed by atoms with Crippen molar-refractivity contribution in [3.05, 3.63) is 11.6 Å². The van der Waals surface area contributed by atoms with Crippen molar-refractivity contribution >= 4 is 5.91 Å². The Morgan fingerprint density at radius 1 is 1.25 bits per heavy atom. The molecule has 24 heavy (non-hydrogen) atoms. The van der Waals surface area contributed by atoms with E-state index in [-0.39, 0.29) is 0 Å². The van der Waals surface area contributed by atoms with Gasteiger partial charge in [-0.05, 0) is 63.7 Å². The summed E-state index contributed by atoms with van der Waals surface area (Å²) in [7, 11) is 1.83. The van der Waals surface area contributed by atoms with Gasteiger partial charge in [-0.15, -0.1) is 0 Å². The number of carbonyl (C=O) groups excluding carboxylic acids is 1. The highest BCUT2D eigenvalue weighted by Crippen LogP contribution is 2.44. The first-order chi connectivity index (χ1) is 11.7. The van der Waals surface area contributed by atoms with Crippen LogP contribution in [-0.2, 0) is 9.53 Å². The number of hydrogen-bond donors (Lipinski definition) is 0. The molecule has 0 N–H and O–H groups in total. The van der Waals surface area contributed by atoms with Crippen LogP contribution in [0.25, 0.3) is 0 Å². The molecule has 2 aliphatic heterocycles. The summed E-state index contributed by atoms with van der Waals surface area (Å²) in [5.41, 5.74) is 1.41. The average Bonchev–Trinajstić information content (AvgIpc) is 3.14. The number of carbonyl (C=O) groups is 1. The third-order valence-corrected chi connectivity index (χ3v) is 6.80. The highest BCUT2D eigenvalue weighted by atomic mass is 16.5. The maximum Gasteiger partial charge on any atom is 0.249 e. The number of hydrogen-bond acceptors (Lipinski definition) is 3. The molecule has 0 radical (unpaired) electrons. The van der Waals surface area contributed by atoms with E-state index in [1.165, 1.54) is 32.2 Å². The molecule has 1 spiro atoms. The number of rotatable bonds is 5. The third kappa shape index (κ3) is 3.15. The maximum absolute atomic E-state index is 12.7. The topological polar surface area (TPSA) is 32.8 Å². The molecule has 0 bridgehead atoms. The lowest BCUT2D eigenvalue weighted by atomic mass is 9.84. The highest BCUT2D eigenvalue weighted by Gasteiger charge is 2.49. The van der Waals surface area contributed by atoms with Gasteiger partial charge in [0.05, 0.1) is 6.61 Å². The van der Waals surface area contributed by atoms with Crippen molar-refractivity contribution in [2.24, 2.45) is 5.92 Å². The van der Waals surface area contributed by atoms with Gasteiger partial charge in [0.15, 0.2) is 0 Å². The zero-order valence-corrected chi connectivity index (χ0v) is 15.1. The van der Waals surface area contributed by atoms with E-state index in [0.717, 1.165) is 63.3 Å². The summed E-state index contributed by atoms with van der Waals surface area (Å²) in [6.45, 7) is 4.01. The fraction of sp³-hybridized carbons (Fsp3) is 0.850. The van der Waals surface area contributed by atoms with E-state index in [1.807, 2.05) is 7.11 Å². The summed E-state index contributed by atoms with van der Waals surface area (Å²) in [4.78, 5) is 17.6. The van der Waals surface area contributed by atoms with E-state index in [2.05, 4.69) is 15.9 Å². The van der Waals surface area contributed by atoms with Gasteiger partial charge in [0.2, 0.25) is 5.91 Å². The molecule has 4 heteroatoms. The molecule has 4 rings (SSSR count). The Morgan fingerprint density at radius 3 is 2.67 bits per heavy atom. The van der Waals surface area contributed by atoms with Crippen molar-refractivity contribution in [1.29, 1.82) is 0 Å². The monoisotopic (exact) mass is 332 g/mol. The largest absolute Gasteiger partial charge is 0.383 e. The molecule has 0 aromatic carbocycles. The van der Waals surface area contributed by atoms with Crippen LogP contribution < -0.4 is 0 Å². The smallest absolute Gasteiger partial charge is 0.249 e. The van der Waals surface area contributed by atoms with Crippen molar-refractivity contribution in [2.75, 3.05) is 33.4 Å². The SMILES string of the molecule is COCC1CCC2(CCN(C(=O)C3=CCCC3)CC2)N1CC1CC1. The first kappa shape index (κ1) is 16.6. The third-order valence-electron chi connectivity index (χ3n) is 6.80. The minimum absolute atomic E-state index is 0.322. The normalized spacial score (nSPS) is 30.1. The van der Waals surface area contributed by atoms with Crippen molar-refractivity contribution in [3.63, 3.8) is 0 Å². The molecule has 3 fully saturated rings. The van der Waals surface area contributed by atoms with Gasteiger partial charge in [-0.25, -0.2) is 0 Å². The van der Waals surface area contributed by atoms with E-state index in [1.54, 1.807) is 0 Å². The Labute approximate surface area is 146 Å². The van der Waals surface area contributed by atoms with Gasteiger partial charge >= 0.3 is 0 Å². The predicted molar refractivity (Wildman–Crippen MR) is 94.8 cm³/mol. The van der Waals surface area contributed by atoms with Gasteiger partial charge in [-0.1, -0.05) is 6.08 Å². The van der Waals surface area contributed by atoms with Crippen LogP contribution in [0.4, 0.5) is 0 Å². The predicted octanol–water partition coefficient (Wildman–Crippen LogP) is 2.98. The van der Waals surface area contributed by atoms with Crippen molar-refractivity contribution in [3.8, 4) is 0 Å². The van der Waals surface area contributed by atoms with Gasteiger partial charge in [0.25, 0.3) is 0 Å². The molecule has 1 saturated carbocycles. The first-order valence-corrected chi connectivity index (χ1v) is 9.96. The lowest BCUT2D eigenvalue weighted by molar-refractivity contribution is -0.130. The van der Waals surface area contributed by atoms with Gasteiger partial charge in [-0.3, -0.25) is 9.69 Å². The van der Waals surface area contributed by atoms with E-state index in [0.29, 0.717) is 17.5 Å². The molecule has 1 unspecified atom stereocenters. The zero-order chi connectivity index (χ0) is 16.6. The summed E-state index contributed by atoms with van der Waals surface area (Å²) in [6, 6.07) is 0.593. The number of piperidine rings is 1. The molecule has 2 aliphatic carbocycles. The number of amides is 1. The summed E-state index contributed by atoms with van der Waals surface area (Å²) < 4.78 is 5.51. The lowest BCUT2D eigenvalue weighted by Crippen LogP contribution is -2.56. The maximum atomic E-state index is 12.7. The average molecular weight is 332 g/mol. The van der Waals surface area contributed by atoms with Crippen LogP contribution in [-0.4, -0.2) is 60.6 Å². The summed E-state index contributed by atoms with van der Waals surface area (Å²) >= 11 is 0. The number of nitrogens with zero attached hydrogens (tertiary/aromatic N) is 2. The van der Waals surface area contributed by atoms with Crippen LogP contribution in [0.3, 0.4) is 0 Å². The summed E-state index contributed by atoms with van der Waals surface area (Å²) in [5.74, 6) is 1.24. The fourth-order valence-electron chi connectivity index (χ4n) is 5.14. The van der Waals surface area contributed by atoms with E-state index >= 15 is 0 Å². The van der Waals surface area contributed by atoms with E-state index in [9.17, 15) is 4.79 Å². The number of allylic oxidation sites excluding steroid dienone is 1. The lowest BCUT2D eigenvalue weighted by Gasteiger charge is -2.47. The zero-order valence-electron chi connectivity index (χ0n) is 15.1. The Hall–Kier alpha value is -0.870. The molecule has 2 heterocycles. The Kier molecular flexibility index (Phi) is 4.70. The standard InChI is InChI=1S/C20H32N2O2/c1-24-15-18-8-9-20(22(18)14-16-6-7-16)10-12-21(13-11-20)19(23)17-4-2-3-5-17/h4,16,18H,2-3,5-15H2,1H3. The second kappa shape index (κ2) is 6.80. The second-order valence-corrected chi connectivity index (χ2v) is 8.38. The van der Waals surface area contributed by atoms with Crippen LogP contribution >= 0.6 is 0 Å².